The zero-order chi connectivity index (χ0) is 18.9. The molecule has 0 saturated carbocycles. The molecule has 0 bridgehead atoms. The molecule has 0 saturated heterocycles. The van der Waals surface area contributed by atoms with E-state index in [4.69, 9.17) is 23.2 Å². The zero-order valence-corrected chi connectivity index (χ0v) is 16.0. The molecule has 136 valence electrons. The van der Waals surface area contributed by atoms with Crippen LogP contribution >= 0.6 is 23.2 Å². The molecule has 2 aromatic rings. The Kier molecular flexibility index (Phi) is 6.05. The van der Waals surface area contributed by atoms with Crippen LogP contribution in [0.3, 0.4) is 0 Å². The van der Waals surface area contributed by atoms with E-state index < -0.39 is 11.7 Å². The largest absolute Gasteiger partial charge is 0.418 e. The fraction of sp³-hybridized carbons (Fsp3) is 0.421. The first-order valence-electron chi connectivity index (χ1n) is 8.05. The third kappa shape index (κ3) is 4.68. The molecule has 0 unspecified atom stereocenters. The monoisotopic (exact) mass is 389 g/mol. The average molecular weight is 390 g/mol. The number of benzene rings is 1. The summed E-state index contributed by atoms with van der Waals surface area (Å²) in [6, 6.07) is 6.34. The summed E-state index contributed by atoms with van der Waals surface area (Å²) in [5, 5.41) is 0.596. The van der Waals surface area contributed by atoms with Gasteiger partial charge >= 0.3 is 6.18 Å². The Morgan fingerprint density at radius 3 is 2.08 bits per heavy atom. The van der Waals surface area contributed by atoms with Crippen molar-refractivity contribution in [3.05, 3.63) is 62.4 Å². The Bertz CT molecular complexity index is 768. The van der Waals surface area contributed by atoms with Gasteiger partial charge in [0.05, 0.1) is 22.0 Å². The number of rotatable bonds is 4. The van der Waals surface area contributed by atoms with E-state index >= 15 is 0 Å². The maximum atomic E-state index is 13.4. The van der Waals surface area contributed by atoms with Crippen molar-refractivity contribution in [1.29, 1.82) is 0 Å². The minimum atomic E-state index is -4.51. The van der Waals surface area contributed by atoms with Gasteiger partial charge in [-0.05, 0) is 35.1 Å². The molecular formula is C19H20Cl2F3N. The van der Waals surface area contributed by atoms with E-state index in [0.29, 0.717) is 16.3 Å². The van der Waals surface area contributed by atoms with Crippen LogP contribution in [0, 0.1) is 0 Å². The molecule has 25 heavy (non-hydrogen) atoms. The van der Waals surface area contributed by atoms with Crippen molar-refractivity contribution in [3.63, 3.8) is 0 Å². The zero-order valence-electron chi connectivity index (χ0n) is 14.5. The Morgan fingerprint density at radius 1 is 0.960 bits per heavy atom. The minimum Gasteiger partial charge on any atom is -0.255 e. The second-order valence-electron chi connectivity index (χ2n) is 6.69. The molecule has 0 amide bonds. The number of aromatic nitrogens is 1. The molecule has 0 fully saturated rings. The van der Waals surface area contributed by atoms with Gasteiger partial charge in [-0.15, -0.1) is 0 Å². The van der Waals surface area contributed by atoms with Crippen molar-refractivity contribution >= 4 is 23.2 Å². The molecule has 2 rings (SSSR count). The lowest BCUT2D eigenvalue weighted by Crippen LogP contribution is -2.13. The number of hydrogen-bond donors (Lipinski definition) is 0. The Hall–Kier alpha value is -1.26. The highest BCUT2D eigenvalue weighted by molar-refractivity contribution is 6.31. The highest BCUT2D eigenvalue weighted by Crippen LogP contribution is 2.36. The lowest BCUT2D eigenvalue weighted by molar-refractivity contribution is -0.138. The van der Waals surface area contributed by atoms with Gasteiger partial charge in [-0.1, -0.05) is 63.0 Å². The quantitative estimate of drug-likeness (QED) is 0.536. The van der Waals surface area contributed by atoms with Crippen LogP contribution < -0.4 is 0 Å². The van der Waals surface area contributed by atoms with Gasteiger partial charge in [0.25, 0.3) is 0 Å². The van der Waals surface area contributed by atoms with Crippen LogP contribution in [0.4, 0.5) is 13.2 Å². The van der Waals surface area contributed by atoms with Crippen molar-refractivity contribution in [2.75, 3.05) is 0 Å². The van der Waals surface area contributed by atoms with Gasteiger partial charge in [0.15, 0.2) is 0 Å². The summed E-state index contributed by atoms with van der Waals surface area (Å²) in [5.41, 5.74) is 1.28. The Morgan fingerprint density at radius 2 is 1.60 bits per heavy atom. The Labute approximate surface area is 156 Å². The first kappa shape index (κ1) is 20.1. The summed E-state index contributed by atoms with van der Waals surface area (Å²) >= 11 is 12.3. The number of halogens is 5. The fourth-order valence-electron chi connectivity index (χ4n) is 2.67. The van der Waals surface area contributed by atoms with E-state index in [-0.39, 0.29) is 29.0 Å². The normalized spacial score (nSPS) is 12.3. The smallest absolute Gasteiger partial charge is 0.255 e. The molecule has 1 aromatic heterocycles. The van der Waals surface area contributed by atoms with Crippen LogP contribution in [0.2, 0.25) is 10.0 Å². The number of pyridine rings is 1. The predicted molar refractivity (Wildman–Crippen MR) is 96.7 cm³/mol. The first-order chi connectivity index (χ1) is 11.5. The molecule has 0 atom stereocenters. The van der Waals surface area contributed by atoms with Crippen molar-refractivity contribution in [2.45, 2.75) is 52.1 Å². The molecule has 1 nitrogen and oxygen atoms in total. The highest BCUT2D eigenvalue weighted by Gasteiger charge is 2.35. The van der Waals surface area contributed by atoms with Crippen LogP contribution in [0.5, 0.6) is 0 Å². The van der Waals surface area contributed by atoms with Gasteiger partial charge in [-0.3, -0.25) is 4.98 Å². The van der Waals surface area contributed by atoms with E-state index in [2.05, 4.69) is 4.98 Å². The molecular weight excluding hydrogens is 370 g/mol. The number of alkyl halides is 3. The summed E-state index contributed by atoms with van der Waals surface area (Å²) in [4.78, 5) is 4.23. The van der Waals surface area contributed by atoms with Crippen LogP contribution in [0.25, 0.3) is 0 Å². The molecule has 0 aliphatic rings. The van der Waals surface area contributed by atoms with E-state index in [0.717, 1.165) is 11.6 Å². The number of nitrogens with zero attached hydrogens (tertiary/aromatic N) is 1. The molecule has 0 N–H and O–H groups in total. The van der Waals surface area contributed by atoms with Crippen molar-refractivity contribution in [3.8, 4) is 0 Å². The molecule has 1 aromatic carbocycles. The third-order valence-electron chi connectivity index (χ3n) is 3.99. The maximum Gasteiger partial charge on any atom is 0.418 e. The Balaban J connectivity index is 2.50. The molecule has 6 heteroatoms. The second kappa shape index (κ2) is 7.55. The van der Waals surface area contributed by atoms with Gasteiger partial charge in [0.1, 0.15) is 0 Å². The first-order valence-corrected chi connectivity index (χ1v) is 8.81. The van der Waals surface area contributed by atoms with Gasteiger partial charge < -0.3 is 0 Å². The van der Waals surface area contributed by atoms with Crippen LogP contribution in [0.1, 0.15) is 67.6 Å². The van der Waals surface area contributed by atoms with E-state index in [1.807, 2.05) is 33.8 Å². The molecule has 1 heterocycles. The fourth-order valence-corrected chi connectivity index (χ4v) is 3.46. The standard InChI is InChI=1S/C19H20Cl2F3N/c1-10(2)13-6-5-12(7-15(13)20)8-17-14(19(22,23)24)9-16(21)18(25-17)11(3)4/h5-7,9-11H,8H2,1-4H3. The van der Waals surface area contributed by atoms with E-state index in [9.17, 15) is 13.2 Å². The van der Waals surface area contributed by atoms with Crippen molar-refractivity contribution in [2.24, 2.45) is 0 Å². The van der Waals surface area contributed by atoms with E-state index in [1.54, 1.807) is 12.1 Å². The minimum absolute atomic E-state index is 0.0334. The highest BCUT2D eigenvalue weighted by atomic mass is 35.5. The molecule has 0 aliphatic carbocycles. The average Bonchev–Trinajstić information content (AvgIpc) is 2.47. The predicted octanol–water partition coefficient (Wildman–Crippen LogP) is 7.24. The summed E-state index contributed by atoms with van der Waals surface area (Å²) < 4.78 is 40.2. The number of hydrogen-bond acceptors (Lipinski definition) is 1. The van der Waals surface area contributed by atoms with Gasteiger partial charge in [0.2, 0.25) is 0 Å². The molecule has 0 spiro atoms. The summed E-state index contributed by atoms with van der Waals surface area (Å²) in [7, 11) is 0. The van der Waals surface area contributed by atoms with Crippen molar-refractivity contribution in [1.82, 2.24) is 4.98 Å². The topological polar surface area (TPSA) is 12.9 Å². The SMILES string of the molecule is CC(C)c1ccc(Cc2nc(C(C)C)c(Cl)cc2C(F)(F)F)cc1Cl. The summed E-state index contributed by atoms with van der Waals surface area (Å²) in [5.74, 6) is 0.175. The summed E-state index contributed by atoms with van der Waals surface area (Å²) in [6.45, 7) is 7.72. The van der Waals surface area contributed by atoms with Crippen LogP contribution in [0.15, 0.2) is 24.3 Å². The third-order valence-corrected chi connectivity index (χ3v) is 4.62. The van der Waals surface area contributed by atoms with Crippen molar-refractivity contribution < 1.29 is 13.2 Å². The lowest BCUT2D eigenvalue weighted by Gasteiger charge is -2.17. The van der Waals surface area contributed by atoms with Gasteiger partial charge in [-0.25, -0.2) is 0 Å². The van der Waals surface area contributed by atoms with Crippen LogP contribution in [-0.2, 0) is 12.6 Å². The van der Waals surface area contributed by atoms with Gasteiger partial charge in [-0.2, -0.15) is 13.2 Å². The van der Waals surface area contributed by atoms with E-state index in [1.165, 1.54) is 0 Å². The van der Waals surface area contributed by atoms with Gasteiger partial charge in [0, 0.05) is 11.4 Å². The maximum absolute atomic E-state index is 13.4. The summed E-state index contributed by atoms with van der Waals surface area (Å²) in [6.07, 6.45) is -4.47. The van der Waals surface area contributed by atoms with Crippen LogP contribution in [-0.4, -0.2) is 4.98 Å². The molecule has 0 aliphatic heterocycles. The lowest BCUT2D eigenvalue weighted by atomic mass is 9.98. The second-order valence-corrected chi connectivity index (χ2v) is 7.50. The molecule has 0 radical (unpaired) electrons.